The highest BCUT2D eigenvalue weighted by Crippen LogP contribution is 2.34. The molecule has 0 bridgehead atoms. The third-order valence-electron chi connectivity index (χ3n) is 18.8. The van der Waals surface area contributed by atoms with Crippen LogP contribution >= 0.6 is 0 Å². The monoisotopic (exact) mass is 1340 g/mol. The van der Waals surface area contributed by atoms with Gasteiger partial charge in [0.2, 0.25) is 11.8 Å². The van der Waals surface area contributed by atoms with Gasteiger partial charge in [0.1, 0.15) is 104 Å². The molecule has 0 aromatic rings. The van der Waals surface area contributed by atoms with Crippen LogP contribution in [0.4, 0.5) is 0 Å². The molecule has 0 saturated carbocycles. The Balaban J connectivity index is 1.40. The van der Waals surface area contributed by atoms with Crippen LogP contribution in [-0.4, -0.2) is 257 Å². The second-order valence-electron chi connectivity index (χ2n) is 27.2. The summed E-state index contributed by atoms with van der Waals surface area (Å²) in [5.41, 5.74) is 0. The molecule has 93 heavy (non-hydrogen) atoms. The fourth-order valence-corrected chi connectivity index (χ4v) is 12.7. The number of aliphatic hydroxyl groups is 14. The SMILES string of the molecule is CCCCCCCCCCCCCCCCCCCCC[C@@H](O)C(=O)N[C@@H](CO[C@H]1O[C@H](CO)[C@H](O)[C@H](O)[C@H]1O[C@H]1O[C@H](CO[C@@H]2O[C@H](CO)[C@H](O)[C@H](O[C@@H]3O[C@@H](C)[C@H](O)[C@@H](O)[C@H]3O)[C@H]2NC(C)=O)[C@H](O)[C@H](O)[C@H]1O)[C@H](O)[C@H](O)CCCCCCCCCCCC(C)C. The summed E-state index contributed by atoms with van der Waals surface area (Å²) in [7, 11) is 0. The largest absolute Gasteiger partial charge is 0.394 e. The summed E-state index contributed by atoms with van der Waals surface area (Å²) < 4.78 is 47.1. The van der Waals surface area contributed by atoms with Crippen LogP contribution in [0.5, 0.6) is 0 Å². The molecule has 4 heterocycles. The number of aliphatic hydroxyl groups excluding tert-OH is 14. The first-order chi connectivity index (χ1) is 44.6. The maximum Gasteiger partial charge on any atom is 0.249 e. The second-order valence-corrected chi connectivity index (χ2v) is 27.2. The molecule has 4 rings (SSSR count). The van der Waals surface area contributed by atoms with Crippen LogP contribution in [0.15, 0.2) is 0 Å². The zero-order chi connectivity index (χ0) is 68.4. The number of nitrogens with one attached hydrogen (secondary N) is 2. The molecular formula is C67H126N2O24. The predicted octanol–water partition coefficient (Wildman–Crippen LogP) is 2.78. The van der Waals surface area contributed by atoms with E-state index in [1.807, 2.05) is 0 Å². The molecule has 0 unspecified atom stereocenters. The van der Waals surface area contributed by atoms with Crippen LogP contribution in [0, 0.1) is 5.92 Å². The minimum Gasteiger partial charge on any atom is -0.394 e. The van der Waals surface area contributed by atoms with Gasteiger partial charge in [-0.1, -0.05) is 207 Å². The molecule has 4 fully saturated rings. The van der Waals surface area contributed by atoms with E-state index in [0.717, 1.165) is 64.7 Å². The van der Waals surface area contributed by atoms with Gasteiger partial charge in [-0.15, -0.1) is 0 Å². The average Bonchev–Trinajstić information content (AvgIpc) is 0.804. The molecule has 0 aliphatic carbocycles. The van der Waals surface area contributed by atoms with Gasteiger partial charge in [-0.2, -0.15) is 0 Å². The van der Waals surface area contributed by atoms with Crippen LogP contribution < -0.4 is 10.6 Å². The van der Waals surface area contributed by atoms with Gasteiger partial charge in [-0.3, -0.25) is 9.59 Å². The summed E-state index contributed by atoms with van der Waals surface area (Å²) in [6, 6.07) is -2.93. The van der Waals surface area contributed by atoms with Gasteiger partial charge in [0.05, 0.1) is 44.7 Å². The van der Waals surface area contributed by atoms with Crippen molar-refractivity contribution in [1.29, 1.82) is 0 Å². The molecule has 0 aromatic carbocycles. The first-order valence-corrected chi connectivity index (χ1v) is 35.7. The molecule has 16 N–H and O–H groups in total. The fourth-order valence-electron chi connectivity index (χ4n) is 12.7. The molecule has 548 valence electrons. The Labute approximate surface area is 552 Å². The van der Waals surface area contributed by atoms with Crippen LogP contribution in [0.3, 0.4) is 0 Å². The number of amides is 2. The van der Waals surface area contributed by atoms with Crippen molar-refractivity contribution in [2.24, 2.45) is 5.92 Å². The first-order valence-electron chi connectivity index (χ1n) is 35.7. The van der Waals surface area contributed by atoms with Gasteiger partial charge in [0.25, 0.3) is 0 Å². The standard InChI is InChI=1S/C67H126N2O24/c1-6-7-8-9-10-11-12-13-14-15-16-17-18-19-20-23-27-30-33-36-46(74)63(85)69-44(52(76)45(73)35-32-29-26-24-21-22-25-28-31-34-41(2)3)39-86-67-62(58(82)53(77)47(37-70)90-67)93-66-60(84)57(81)54(78)49(91-66)40-87-64-50(68-43(5)72)61(55(79)48(38-71)89-64)92-65-59(83)56(80)51(75)42(4)88-65/h41-42,44-62,64-67,70-71,73-84H,6-40H2,1-5H3,(H,68,72)(H,69,85)/t42-,44-,45+,46+,47+,48+,49+,50+,51-,52-,53-,54-,55-,56+,57-,58-,59+,60+,61+,62+,64+,65-,66+,67-/m0/s1. The van der Waals surface area contributed by atoms with E-state index >= 15 is 0 Å². The predicted molar refractivity (Wildman–Crippen MR) is 341 cm³/mol. The van der Waals surface area contributed by atoms with Crippen LogP contribution in [0.25, 0.3) is 0 Å². The smallest absolute Gasteiger partial charge is 0.249 e. The maximum absolute atomic E-state index is 13.7. The van der Waals surface area contributed by atoms with Gasteiger partial charge in [-0.25, -0.2) is 0 Å². The molecule has 0 spiro atoms. The normalized spacial score (nSPS) is 33.1. The molecule has 4 aliphatic rings. The number of ether oxygens (including phenoxy) is 8. The molecule has 4 aliphatic heterocycles. The van der Waals surface area contributed by atoms with Crippen molar-refractivity contribution in [3.05, 3.63) is 0 Å². The highest BCUT2D eigenvalue weighted by atomic mass is 16.8. The van der Waals surface area contributed by atoms with Gasteiger partial charge in [-0.05, 0) is 25.7 Å². The highest BCUT2D eigenvalue weighted by Gasteiger charge is 2.54. The molecule has 26 heteroatoms. The van der Waals surface area contributed by atoms with Crippen LogP contribution in [0.1, 0.15) is 234 Å². The number of carbonyl (C=O) groups excluding carboxylic acids is 2. The van der Waals surface area contributed by atoms with Gasteiger partial charge in [0.15, 0.2) is 25.2 Å². The first kappa shape index (κ1) is 83.5. The Morgan fingerprint density at radius 3 is 1.37 bits per heavy atom. The third kappa shape index (κ3) is 29.0. The zero-order valence-corrected chi connectivity index (χ0v) is 56.5. The quantitative estimate of drug-likeness (QED) is 0.0389. The maximum atomic E-state index is 13.7. The topological polar surface area (TPSA) is 415 Å². The Morgan fingerprint density at radius 2 is 0.871 bits per heavy atom. The van der Waals surface area contributed by atoms with Crippen molar-refractivity contribution in [3.8, 4) is 0 Å². The average molecular weight is 1340 g/mol. The fraction of sp³-hybridized carbons (Fsp3) is 0.970. The lowest BCUT2D eigenvalue weighted by atomic mass is 9.95. The number of rotatable bonds is 49. The molecule has 2 amide bonds. The molecule has 4 saturated heterocycles. The summed E-state index contributed by atoms with van der Waals surface area (Å²) in [5, 5.41) is 159. The Kier molecular flexibility index (Phi) is 41.7. The van der Waals surface area contributed by atoms with Crippen molar-refractivity contribution >= 4 is 11.8 Å². The van der Waals surface area contributed by atoms with Crippen LogP contribution in [0.2, 0.25) is 0 Å². The number of hydrogen-bond acceptors (Lipinski definition) is 24. The Hall–Kier alpha value is -1.94. The highest BCUT2D eigenvalue weighted by molar-refractivity contribution is 5.80. The minimum atomic E-state index is -2.10. The number of unbranched alkanes of at least 4 members (excludes halogenated alkanes) is 26. The van der Waals surface area contributed by atoms with Gasteiger partial charge < -0.3 is 120 Å². The van der Waals surface area contributed by atoms with Crippen molar-refractivity contribution in [2.75, 3.05) is 26.4 Å². The van der Waals surface area contributed by atoms with Crippen molar-refractivity contribution in [3.63, 3.8) is 0 Å². The van der Waals surface area contributed by atoms with E-state index < -0.39 is 185 Å². The van der Waals surface area contributed by atoms with Crippen molar-refractivity contribution in [2.45, 2.75) is 381 Å². The van der Waals surface area contributed by atoms with E-state index in [0.29, 0.717) is 18.8 Å². The summed E-state index contributed by atoms with van der Waals surface area (Å²) in [6.45, 7) is 6.04. The lowest BCUT2D eigenvalue weighted by Crippen LogP contribution is -2.68. The van der Waals surface area contributed by atoms with E-state index in [2.05, 4.69) is 31.4 Å². The number of carbonyl (C=O) groups is 2. The Bertz CT molecular complexity index is 1940. The molecular weight excluding hydrogens is 1220 g/mol. The van der Waals surface area contributed by atoms with Gasteiger partial charge in [0, 0.05) is 6.92 Å². The Morgan fingerprint density at radius 1 is 0.452 bits per heavy atom. The summed E-state index contributed by atoms with van der Waals surface area (Å²) in [5.74, 6) is -0.858. The lowest BCUT2D eigenvalue weighted by molar-refractivity contribution is -0.373. The molecule has 24 atom stereocenters. The number of hydrogen-bond donors (Lipinski definition) is 16. The van der Waals surface area contributed by atoms with Gasteiger partial charge >= 0.3 is 0 Å². The van der Waals surface area contributed by atoms with E-state index in [1.54, 1.807) is 0 Å². The van der Waals surface area contributed by atoms with E-state index in [9.17, 15) is 81.1 Å². The summed E-state index contributed by atoms with van der Waals surface area (Å²) in [4.78, 5) is 26.3. The summed E-state index contributed by atoms with van der Waals surface area (Å²) >= 11 is 0. The van der Waals surface area contributed by atoms with E-state index in [1.165, 1.54) is 122 Å². The molecule has 26 nitrogen and oxygen atoms in total. The van der Waals surface area contributed by atoms with Crippen molar-refractivity contribution < 1.29 is 119 Å². The molecule has 0 radical (unpaired) electrons. The van der Waals surface area contributed by atoms with Crippen molar-refractivity contribution in [1.82, 2.24) is 10.6 Å². The molecule has 0 aromatic heterocycles. The lowest BCUT2D eigenvalue weighted by Gasteiger charge is -2.48. The van der Waals surface area contributed by atoms with Crippen LogP contribution in [-0.2, 0) is 47.5 Å². The second kappa shape index (κ2) is 46.4. The third-order valence-corrected chi connectivity index (χ3v) is 18.8. The minimum absolute atomic E-state index is 0.123. The summed E-state index contributed by atoms with van der Waals surface area (Å²) in [6.07, 6.45) is -4.51. The van der Waals surface area contributed by atoms with E-state index in [-0.39, 0.29) is 12.8 Å². The van der Waals surface area contributed by atoms with E-state index in [4.69, 9.17) is 37.9 Å². The zero-order valence-electron chi connectivity index (χ0n) is 56.5.